The van der Waals surface area contributed by atoms with Crippen molar-refractivity contribution in [3.05, 3.63) is 47.5 Å². The summed E-state index contributed by atoms with van der Waals surface area (Å²) in [6.45, 7) is 1.92. The average molecular weight is 300 g/mol. The monoisotopic (exact) mass is 300 g/mol. The predicted octanol–water partition coefficient (Wildman–Crippen LogP) is 2.09. The zero-order valence-electron chi connectivity index (χ0n) is 12.8. The van der Waals surface area contributed by atoms with Crippen molar-refractivity contribution in [2.24, 2.45) is 0 Å². The molecule has 5 nitrogen and oxygen atoms in total. The Hall–Kier alpha value is -2.47. The number of carbonyl (C=O) groups is 1. The van der Waals surface area contributed by atoms with Crippen LogP contribution < -0.4 is 9.39 Å². The summed E-state index contributed by atoms with van der Waals surface area (Å²) in [5.41, 5.74) is 3.29. The van der Waals surface area contributed by atoms with Gasteiger partial charge in [-0.3, -0.25) is 0 Å². The van der Waals surface area contributed by atoms with Gasteiger partial charge in [-0.1, -0.05) is 12.1 Å². The molecule has 0 aliphatic carbocycles. The van der Waals surface area contributed by atoms with Gasteiger partial charge in [0.25, 0.3) is 0 Å². The van der Waals surface area contributed by atoms with Gasteiger partial charge in [-0.2, -0.15) is 0 Å². The first-order valence-electron chi connectivity index (χ1n) is 6.71. The first kappa shape index (κ1) is 15.9. The van der Waals surface area contributed by atoms with Gasteiger partial charge in [0.1, 0.15) is 5.75 Å². The average Bonchev–Trinajstić information content (AvgIpc) is 2.54. The Bertz CT molecular complexity index is 684. The standard InChI is InChI=1S/C16H17BO5/c1-10-8-12(16(18)21-3)4-6-13(10)11-5-7-14(20-2)15(9-11)22-17-19/h4-9,17,19H,1-3H3. The normalized spacial score (nSPS) is 10.0. The highest BCUT2D eigenvalue weighted by atomic mass is 16.5. The lowest BCUT2D eigenvalue weighted by molar-refractivity contribution is 0.0600. The molecule has 0 spiro atoms. The summed E-state index contributed by atoms with van der Waals surface area (Å²) < 4.78 is 15.1. The van der Waals surface area contributed by atoms with E-state index in [0.29, 0.717) is 17.1 Å². The number of esters is 1. The lowest BCUT2D eigenvalue weighted by atomic mass is 9.98. The predicted molar refractivity (Wildman–Crippen MR) is 84.5 cm³/mol. The van der Waals surface area contributed by atoms with Gasteiger partial charge in [0.15, 0.2) is 5.75 Å². The minimum absolute atomic E-state index is 0.367. The van der Waals surface area contributed by atoms with Crippen molar-refractivity contribution in [2.75, 3.05) is 14.2 Å². The molecule has 0 amide bonds. The van der Waals surface area contributed by atoms with Gasteiger partial charge >= 0.3 is 13.7 Å². The molecule has 0 aliphatic heterocycles. The van der Waals surface area contributed by atoms with Gasteiger partial charge in [-0.05, 0) is 47.9 Å². The molecule has 0 saturated heterocycles. The molecular formula is C16H17BO5. The van der Waals surface area contributed by atoms with Crippen molar-refractivity contribution >= 4 is 13.7 Å². The third kappa shape index (κ3) is 3.23. The third-order valence-electron chi connectivity index (χ3n) is 3.34. The van der Waals surface area contributed by atoms with Crippen molar-refractivity contribution in [2.45, 2.75) is 6.92 Å². The first-order chi connectivity index (χ1) is 10.6. The zero-order chi connectivity index (χ0) is 16.1. The van der Waals surface area contributed by atoms with Gasteiger partial charge in [0.2, 0.25) is 0 Å². The van der Waals surface area contributed by atoms with Crippen LogP contribution in [0.2, 0.25) is 0 Å². The van der Waals surface area contributed by atoms with Gasteiger partial charge in [-0.25, -0.2) is 4.79 Å². The number of benzene rings is 2. The van der Waals surface area contributed by atoms with Crippen molar-refractivity contribution in [3.63, 3.8) is 0 Å². The lowest BCUT2D eigenvalue weighted by Gasteiger charge is -2.13. The lowest BCUT2D eigenvalue weighted by Crippen LogP contribution is -2.03. The maximum absolute atomic E-state index is 11.5. The molecule has 0 saturated carbocycles. The Kier molecular flexibility index (Phi) is 5.06. The van der Waals surface area contributed by atoms with Crippen LogP contribution in [-0.4, -0.2) is 32.9 Å². The second-order valence-corrected chi connectivity index (χ2v) is 4.66. The summed E-state index contributed by atoms with van der Waals surface area (Å²) in [4.78, 5) is 11.5. The Labute approximate surface area is 129 Å². The second kappa shape index (κ2) is 7.00. The fraction of sp³-hybridized carbons (Fsp3) is 0.188. The molecule has 0 heterocycles. The molecule has 114 valence electrons. The van der Waals surface area contributed by atoms with Crippen LogP contribution in [-0.2, 0) is 4.74 Å². The van der Waals surface area contributed by atoms with E-state index in [-0.39, 0.29) is 5.97 Å². The number of carbonyl (C=O) groups excluding carboxylic acids is 1. The van der Waals surface area contributed by atoms with Gasteiger partial charge < -0.3 is 19.2 Å². The summed E-state index contributed by atoms with van der Waals surface area (Å²) in [5, 5.41) is 8.95. The van der Waals surface area contributed by atoms with Crippen molar-refractivity contribution in [1.29, 1.82) is 0 Å². The van der Waals surface area contributed by atoms with Crippen LogP contribution in [0.3, 0.4) is 0 Å². The number of ether oxygens (including phenoxy) is 2. The number of hydrogen-bond acceptors (Lipinski definition) is 5. The molecule has 0 fully saturated rings. The number of hydrogen-bond donors (Lipinski definition) is 1. The molecule has 1 N–H and O–H groups in total. The first-order valence-corrected chi connectivity index (χ1v) is 6.71. The molecule has 2 aromatic carbocycles. The molecule has 2 rings (SSSR count). The smallest absolute Gasteiger partial charge is 0.504 e. The van der Waals surface area contributed by atoms with Crippen LogP contribution >= 0.6 is 0 Å². The van der Waals surface area contributed by atoms with Gasteiger partial charge in [0.05, 0.1) is 19.8 Å². The Morgan fingerprint density at radius 2 is 1.86 bits per heavy atom. The highest BCUT2D eigenvalue weighted by Gasteiger charge is 2.11. The fourth-order valence-electron chi connectivity index (χ4n) is 2.26. The third-order valence-corrected chi connectivity index (χ3v) is 3.34. The molecule has 6 heteroatoms. The molecule has 0 unspecified atom stereocenters. The van der Waals surface area contributed by atoms with Crippen LogP contribution in [0.4, 0.5) is 0 Å². The van der Waals surface area contributed by atoms with Gasteiger partial charge in [0, 0.05) is 0 Å². The minimum atomic E-state index is -0.430. The number of aryl methyl sites for hydroxylation is 1. The summed E-state index contributed by atoms with van der Waals surface area (Å²) in [7, 11) is 2.46. The van der Waals surface area contributed by atoms with E-state index < -0.39 is 7.69 Å². The van der Waals surface area contributed by atoms with Crippen LogP contribution in [0.1, 0.15) is 15.9 Å². The van der Waals surface area contributed by atoms with Crippen LogP contribution in [0, 0.1) is 6.92 Å². The molecule has 22 heavy (non-hydrogen) atoms. The van der Waals surface area contributed by atoms with Crippen LogP contribution in [0.5, 0.6) is 11.5 Å². The summed E-state index contributed by atoms with van der Waals surface area (Å²) in [6, 6.07) is 10.8. The largest absolute Gasteiger partial charge is 0.536 e. The Morgan fingerprint density at radius 3 is 2.45 bits per heavy atom. The Morgan fingerprint density at radius 1 is 1.09 bits per heavy atom. The highest BCUT2D eigenvalue weighted by molar-refractivity contribution is 6.17. The number of rotatable bonds is 5. The topological polar surface area (TPSA) is 65.0 Å². The maximum Gasteiger partial charge on any atom is 0.504 e. The molecule has 0 bridgehead atoms. The van der Waals surface area contributed by atoms with Crippen molar-refractivity contribution < 1.29 is 23.9 Å². The maximum atomic E-state index is 11.5. The summed E-state index contributed by atoms with van der Waals surface area (Å²) >= 11 is 0. The van der Waals surface area contributed by atoms with E-state index in [1.54, 1.807) is 24.3 Å². The van der Waals surface area contributed by atoms with E-state index in [4.69, 9.17) is 19.2 Å². The SMILES string of the molecule is COC(=O)c1ccc(-c2ccc(OC)c(OBO)c2)c(C)c1. The van der Waals surface area contributed by atoms with Crippen molar-refractivity contribution in [3.8, 4) is 22.6 Å². The van der Waals surface area contributed by atoms with E-state index >= 15 is 0 Å². The van der Waals surface area contributed by atoms with E-state index in [2.05, 4.69) is 0 Å². The van der Waals surface area contributed by atoms with E-state index in [1.165, 1.54) is 14.2 Å². The van der Waals surface area contributed by atoms with E-state index in [1.807, 2.05) is 19.1 Å². The van der Waals surface area contributed by atoms with E-state index in [0.717, 1.165) is 16.7 Å². The summed E-state index contributed by atoms with van der Waals surface area (Å²) in [5.74, 6) is 0.634. The van der Waals surface area contributed by atoms with E-state index in [9.17, 15) is 4.79 Å². The highest BCUT2D eigenvalue weighted by Crippen LogP contribution is 2.33. The van der Waals surface area contributed by atoms with Crippen molar-refractivity contribution in [1.82, 2.24) is 0 Å². The van der Waals surface area contributed by atoms with Crippen LogP contribution in [0.15, 0.2) is 36.4 Å². The fourth-order valence-corrected chi connectivity index (χ4v) is 2.26. The zero-order valence-corrected chi connectivity index (χ0v) is 12.8. The second-order valence-electron chi connectivity index (χ2n) is 4.66. The molecule has 0 atom stereocenters. The molecule has 0 aromatic heterocycles. The number of methoxy groups -OCH3 is 2. The minimum Gasteiger partial charge on any atom is -0.536 e. The van der Waals surface area contributed by atoms with Crippen LogP contribution in [0.25, 0.3) is 11.1 Å². The molecule has 0 radical (unpaired) electrons. The summed E-state index contributed by atoms with van der Waals surface area (Å²) in [6.07, 6.45) is 0. The molecule has 0 aliphatic rings. The quantitative estimate of drug-likeness (QED) is 0.676. The Balaban J connectivity index is 2.43. The van der Waals surface area contributed by atoms with Gasteiger partial charge in [-0.15, -0.1) is 0 Å². The molecule has 2 aromatic rings. The molecular weight excluding hydrogens is 283 g/mol.